The van der Waals surface area contributed by atoms with Crippen molar-refractivity contribution in [1.82, 2.24) is 10.6 Å². The van der Waals surface area contributed by atoms with E-state index in [-0.39, 0.29) is 18.3 Å². The molecule has 0 saturated carbocycles. The zero-order chi connectivity index (χ0) is 15.9. The lowest BCUT2D eigenvalue weighted by Crippen LogP contribution is -2.43. The van der Waals surface area contributed by atoms with Crippen molar-refractivity contribution in [3.63, 3.8) is 0 Å². The molecule has 0 spiro atoms. The van der Waals surface area contributed by atoms with Gasteiger partial charge >= 0.3 is 0 Å². The summed E-state index contributed by atoms with van der Waals surface area (Å²) in [4.78, 5) is 6.83. The average Bonchev–Trinajstić information content (AvgIpc) is 2.73. The lowest BCUT2D eigenvalue weighted by atomic mass is 10.2. The third-order valence-corrected chi connectivity index (χ3v) is 4.45. The zero-order valence-electron chi connectivity index (χ0n) is 12.7. The molecule has 0 aromatic carbocycles. The summed E-state index contributed by atoms with van der Waals surface area (Å²) in [6.07, 6.45) is 0.901. The van der Waals surface area contributed by atoms with Gasteiger partial charge in [-0.2, -0.15) is 0 Å². The summed E-state index contributed by atoms with van der Waals surface area (Å²) in [6.45, 7) is 6.99. The molecule has 1 unspecified atom stereocenters. The second-order valence-corrected chi connectivity index (χ2v) is 8.00. The average molecular weight is 332 g/mol. The maximum Gasteiger partial charge on any atom is 0.210 e. The van der Waals surface area contributed by atoms with Crippen LogP contribution in [0, 0.1) is 6.92 Å². The third-order valence-electron chi connectivity index (χ3n) is 2.68. The highest BCUT2D eigenvalue weighted by atomic mass is 32.2. The Balaban J connectivity index is 2.54. The summed E-state index contributed by atoms with van der Waals surface area (Å²) in [6, 6.07) is 4.44. The van der Waals surface area contributed by atoms with Crippen LogP contribution in [-0.2, 0) is 16.4 Å². The summed E-state index contributed by atoms with van der Waals surface area (Å²) in [5.74, 6) is 0.462. The quantitative estimate of drug-likeness (QED) is 0.509. The van der Waals surface area contributed by atoms with E-state index < -0.39 is 10.0 Å². The molecule has 1 aromatic rings. The molecule has 6 nitrogen and oxygen atoms in total. The van der Waals surface area contributed by atoms with Gasteiger partial charge in [0.2, 0.25) is 10.0 Å². The van der Waals surface area contributed by atoms with Gasteiger partial charge in [0.25, 0.3) is 0 Å². The van der Waals surface area contributed by atoms with Crippen LogP contribution in [0.1, 0.15) is 23.6 Å². The number of sulfonamides is 1. The van der Waals surface area contributed by atoms with Crippen LogP contribution in [-0.4, -0.2) is 39.3 Å². The van der Waals surface area contributed by atoms with E-state index in [9.17, 15) is 8.42 Å². The molecule has 4 N–H and O–H groups in total. The van der Waals surface area contributed by atoms with E-state index in [1.807, 2.05) is 6.92 Å². The molecule has 1 rings (SSSR count). The number of hydrogen-bond donors (Lipinski definition) is 3. The maximum absolute atomic E-state index is 10.9. The van der Waals surface area contributed by atoms with Gasteiger partial charge in [-0.05, 0) is 32.9 Å². The molecule has 1 aromatic heterocycles. The summed E-state index contributed by atoms with van der Waals surface area (Å²) < 4.78 is 21.8. The molecule has 1 heterocycles. The monoisotopic (exact) mass is 332 g/mol. The first-order valence-corrected chi connectivity index (χ1v) is 9.44. The molecule has 0 amide bonds. The van der Waals surface area contributed by atoms with Crippen molar-refractivity contribution in [2.24, 2.45) is 10.1 Å². The summed E-state index contributed by atoms with van der Waals surface area (Å²) >= 11 is 1.78. The van der Waals surface area contributed by atoms with Crippen LogP contribution in [0.5, 0.6) is 0 Å². The number of aliphatic imine (C=N–C) groups is 1. The molecule has 8 heteroatoms. The Labute approximate surface area is 130 Å². The minimum Gasteiger partial charge on any atom is -0.357 e. The van der Waals surface area contributed by atoms with Gasteiger partial charge in [-0.3, -0.25) is 4.99 Å². The molecule has 0 fully saturated rings. The normalized spacial score (nSPS) is 14.0. The fourth-order valence-electron chi connectivity index (χ4n) is 1.79. The highest BCUT2D eigenvalue weighted by molar-refractivity contribution is 7.89. The Morgan fingerprint density at radius 1 is 1.48 bits per heavy atom. The van der Waals surface area contributed by atoms with Crippen LogP contribution >= 0.6 is 11.3 Å². The predicted molar refractivity (Wildman–Crippen MR) is 89.3 cm³/mol. The minimum absolute atomic E-state index is 0.151. The topological polar surface area (TPSA) is 96.6 Å². The number of thiophene rings is 1. The number of aryl methyl sites for hydroxylation is 1. The SMILES string of the molecule is CCNC(=NCCS(N)(=O)=O)NC(C)Cc1ccc(C)s1. The second-order valence-electron chi connectivity index (χ2n) is 4.89. The van der Waals surface area contributed by atoms with Gasteiger partial charge in [-0.15, -0.1) is 11.3 Å². The molecular weight excluding hydrogens is 308 g/mol. The lowest BCUT2D eigenvalue weighted by molar-refractivity contribution is 0.597. The van der Waals surface area contributed by atoms with E-state index in [0.717, 1.165) is 6.42 Å². The number of rotatable bonds is 7. The van der Waals surface area contributed by atoms with E-state index in [1.165, 1.54) is 9.75 Å². The lowest BCUT2D eigenvalue weighted by Gasteiger charge is -2.17. The second kappa shape index (κ2) is 8.35. The largest absolute Gasteiger partial charge is 0.357 e. The van der Waals surface area contributed by atoms with E-state index in [4.69, 9.17) is 5.14 Å². The van der Waals surface area contributed by atoms with Crippen LogP contribution in [0.3, 0.4) is 0 Å². The number of nitrogens with two attached hydrogens (primary N) is 1. The number of primary sulfonamides is 1. The smallest absolute Gasteiger partial charge is 0.210 e. The fraction of sp³-hybridized carbons (Fsp3) is 0.615. The van der Waals surface area contributed by atoms with Gasteiger partial charge in [-0.25, -0.2) is 13.6 Å². The summed E-state index contributed by atoms with van der Waals surface area (Å²) in [5.41, 5.74) is 0. The van der Waals surface area contributed by atoms with Crippen molar-refractivity contribution in [1.29, 1.82) is 0 Å². The predicted octanol–water partition coefficient (Wildman–Crippen LogP) is 0.831. The maximum atomic E-state index is 10.9. The van der Waals surface area contributed by atoms with Crippen LogP contribution < -0.4 is 15.8 Å². The molecule has 120 valence electrons. The Kier molecular flexibility index (Phi) is 7.13. The molecule has 0 saturated heterocycles. The first-order chi connectivity index (χ1) is 9.80. The number of guanidine groups is 1. The van der Waals surface area contributed by atoms with Gasteiger partial charge in [0.05, 0.1) is 12.3 Å². The van der Waals surface area contributed by atoms with Gasteiger partial charge < -0.3 is 10.6 Å². The first-order valence-electron chi connectivity index (χ1n) is 6.90. The Morgan fingerprint density at radius 2 is 2.19 bits per heavy atom. The highest BCUT2D eigenvalue weighted by Crippen LogP contribution is 2.16. The summed E-state index contributed by atoms with van der Waals surface area (Å²) in [7, 11) is -3.47. The van der Waals surface area contributed by atoms with Gasteiger partial charge in [-0.1, -0.05) is 0 Å². The molecule has 0 aliphatic rings. The minimum atomic E-state index is -3.47. The van der Waals surface area contributed by atoms with Crippen molar-refractivity contribution >= 4 is 27.3 Å². The molecule has 1 atom stereocenters. The molecule has 0 radical (unpaired) electrons. The molecule has 0 aliphatic heterocycles. The highest BCUT2D eigenvalue weighted by Gasteiger charge is 2.08. The molecular formula is C13H24N4O2S2. The van der Waals surface area contributed by atoms with Crippen molar-refractivity contribution < 1.29 is 8.42 Å². The molecule has 0 bridgehead atoms. The van der Waals surface area contributed by atoms with Crippen molar-refractivity contribution in [3.8, 4) is 0 Å². The van der Waals surface area contributed by atoms with E-state index >= 15 is 0 Å². The number of nitrogens with zero attached hydrogens (tertiary/aromatic N) is 1. The number of hydrogen-bond acceptors (Lipinski definition) is 4. The van der Waals surface area contributed by atoms with Gasteiger partial charge in [0.1, 0.15) is 0 Å². The van der Waals surface area contributed by atoms with Crippen LogP contribution in [0.4, 0.5) is 0 Å². The molecule has 21 heavy (non-hydrogen) atoms. The van der Waals surface area contributed by atoms with Crippen LogP contribution in [0.2, 0.25) is 0 Å². The van der Waals surface area contributed by atoms with Gasteiger partial charge in [0, 0.05) is 28.8 Å². The van der Waals surface area contributed by atoms with E-state index in [1.54, 1.807) is 11.3 Å². The van der Waals surface area contributed by atoms with Gasteiger partial charge in [0.15, 0.2) is 5.96 Å². The standard InChI is InChI=1S/C13H24N4O2S2/c1-4-15-13(16-7-8-21(14,18)19)17-10(2)9-12-6-5-11(3)20-12/h5-6,10H,4,7-9H2,1-3H3,(H2,14,18,19)(H2,15,16,17). The first kappa shape index (κ1) is 17.9. The molecule has 0 aliphatic carbocycles. The van der Waals surface area contributed by atoms with E-state index in [0.29, 0.717) is 12.5 Å². The Morgan fingerprint density at radius 3 is 2.71 bits per heavy atom. The number of nitrogens with one attached hydrogen (secondary N) is 2. The van der Waals surface area contributed by atoms with Crippen LogP contribution in [0.15, 0.2) is 17.1 Å². The van der Waals surface area contributed by atoms with Crippen LogP contribution in [0.25, 0.3) is 0 Å². The Hall–Kier alpha value is -1.12. The van der Waals surface area contributed by atoms with Crippen molar-refractivity contribution in [2.45, 2.75) is 33.2 Å². The zero-order valence-corrected chi connectivity index (χ0v) is 14.4. The fourth-order valence-corrected chi connectivity index (χ4v) is 3.15. The van der Waals surface area contributed by atoms with Crippen molar-refractivity contribution in [2.75, 3.05) is 18.8 Å². The van der Waals surface area contributed by atoms with E-state index in [2.05, 4.69) is 41.6 Å². The summed E-state index contributed by atoms with van der Waals surface area (Å²) in [5, 5.41) is 11.3. The Bertz CT molecular complexity index is 566. The van der Waals surface area contributed by atoms with Crippen molar-refractivity contribution in [3.05, 3.63) is 21.9 Å². The third kappa shape index (κ3) is 8.03.